The lowest BCUT2D eigenvalue weighted by molar-refractivity contribution is -0.137. The minimum absolute atomic E-state index is 0.381. The maximum absolute atomic E-state index is 12.5. The van der Waals surface area contributed by atoms with Gasteiger partial charge in [0, 0.05) is 23.7 Å². The van der Waals surface area contributed by atoms with Gasteiger partial charge in [0.1, 0.15) is 6.33 Å². The Morgan fingerprint density at radius 3 is 2.36 bits per heavy atom. The van der Waals surface area contributed by atoms with Crippen LogP contribution in [0.2, 0.25) is 0 Å². The number of anilines is 1. The Morgan fingerprint density at radius 1 is 1.11 bits per heavy atom. The Labute approximate surface area is 163 Å². The van der Waals surface area contributed by atoms with E-state index in [2.05, 4.69) is 15.5 Å². The van der Waals surface area contributed by atoms with Crippen molar-refractivity contribution >= 4 is 29.4 Å². The van der Waals surface area contributed by atoms with Gasteiger partial charge in [-0.2, -0.15) is 13.2 Å². The Bertz CT molecular complexity index is 980. The number of benzene rings is 2. The number of hydrogen-bond donors (Lipinski definition) is 1. The summed E-state index contributed by atoms with van der Waals surface area (Å²) in [5.41, 5.74) is 0.372. The molecule has 1 heterocycles. The van der Waals surface area contributed by atoms with Crippen molar-refractivity contribution < 1.29 is 18.0 Å². The fraction of sp³-hybridized carbons (Fsp3) is 0.105. The number of rotatable bonds is 5. The molecule has 0 radical (unpaired) electrons. The van der Waals surface area contributed by atoms with Gasteiger partial charge < -0.3 is 9.88 Å². The van der Waals surface area contributed by atoms with Crippen LogP contribution < -0.4 is 5.32 Å². The van der Waals surface area contributed by atoms with E-state index in [0.717, 1.165) is 22.2 Å². The SMILES string of the molecule is Cn1cnnc1Sc1ccc(NC(=O)/C=C/c2ccc(C(F)(F)F)cc2)cc1. The number of aromatic nitrogens is 3. The maximum Gasteiger partial charge on any atom is 0.416 e. The summed E-state index contributed by atoms with van der Waals surface area (Å²) < 4.78 is 39.4. The summed E-state index contributed by atoms with van der Waals surface area (Å²) in [6.45, 7) is 0. The van der Waals surface area contributed by atoms with E-state index in [-0.39, 0.29) is 5.91 Å². The molecule has 0 aliphatic carbocycles. The molecular weight excluding hydrogens is 389 g/mol. The van der Waals surface area contributed by atoms with Crippen molar-refractivity contribution in [1.82, 2.24) is 14.8 Å². The highest BCUT2D eigenvalue weighted by Crippen LogP contribution is 2.29. The Balaban J connectivity index is 1.57. The zero-order valence-electron chi connectivity index (χ0n) is 14.6. The summed E-state index contributed by atoms with van der Waals surface area (Å²) in [4.78, 5) is 12.9. The third-order valence-corrected chi connectivity index (χ3v) is 4.73. The van der Waals surface area contributed by atoms with Gasteiger partial charge in [-0.15, -0.1) is 10.2 Å². The molecule has 144 valence electrons. The lowest BCUT2D eigenvalue weighted by Gasteiger charge is -2.06. The smallest absolute Gasteiger partial charge is 0.323 e. The topological polar surface area (TPSA) is 59.8 Å². The number of alkyl halides is 3. The first-order chi connectivity index (χ1) is 13.3. The van der Waals surface area contributed by atoms with Crippen LogP contribution in [0.3, 0.4) is 0 Å². The third kappa shape index (κ3) is 5.23. The van der Waals surface area contributed by atoms with Gasteiger partial charge in [-0.3, -0.25) is 4.79 Å². The molecule has 9 heteroatoms. The summed E-state index contributed by atoms with van der Waals surface area (Å²) in [6.07, 6.45) is -0.0462. The molecule has 0 bridgehead atoms. The van der Waals surface area contributed by atoms with Crippen LogP contribution in [0, 0.1) is 0 Å². The lowest BCUT2D eigenvalue weighted by Crippen LogP contribution is -2.07. The molecule has 0 spiro atoms. The molecule has 0 aliphatic rings. The number of halogens is 3. The van der Waals surface area contributed by atoms with E-state index in [1.165, 1.54) is 36.0 Å². The second-order valence-electron chi connectivity index (χ2n) is 5.79. The quantitative estimate of drug-likeness (QED) is 0.630. The lowest BCUT2D eigenvalue weighted by atomic mass is 10.1. The van der Waals surface area contributed by atoms with E-state index >= 15 is 0 Å². The zero-order valence-corrected chi connectivity index (χ0v) is 15.5. The molecular formula is C19H15F3N4OS. The predicted octanol–water partition coefficient (Wildman–Crippen LogP) is 4.64. The molecule has 2 aromatic carbocycles. The molecule has 0 fully saturated rings. The first kappa shape index (κ1) is 19.7. The minimum atomic E-state index is -4.38. The maximum atomic E-state index is 12.5. The van der Waals surface area contributed by atoms with Crippen molar-refractivity contribution in [2.75, 3.05) is 5.32 Å². The Morgan fingerprint density at radius 2 is 1.79 bits per heavy atom. The van der Waals surface area contributed by atoms with Crippen LogP contribution in [-0.4, -0.2) is 20.7 Å². The van der Waals surface area contributed by atoms with Gasteiger partial charge >= 0.3 is 6.18 Å². The van der Waals surface area contributed by atoms with E-state index in [1.807, 2.05) is 19.2 Å². The van der Waals surface area contributed by atoms with Gasteiger partial charge in [0.2, 0.25) is 5.91 Å². The zero-order chi connectivity index (χ0) is 20.1. The standard InChI is InChI=1S/C19H15F3N4OS/c1-26-12-23-25-18(26)28-16-9-7-15(8-10-16)24-17(27)11-4-13-2-5-14(6-3-13)19(20,21)22/h2-12H,1H3,(H,24,27)/b11-4+. The van der Waals surface area contributed by atoms with Crippen molar-refractivity contribution in [1.29, 1.82) is 0 Å². The summed E-state index contributed by atoms with van der Waals surface area (Å²) in [6, 6.07) is 11.8. The van der Waals surface area contributed by atoms with Crippen LogP contribution in [0.1, 0.15) is 11.1 Å². The molecule has 1 amide bonds. The molecule has 5 nitrogen and oxygen atoms in total. The molecule has 1 N–H and O–H groups in total. The third-order valence-electron chi connectivity index (χ3n) is 3.67. The van der Waals surface area contributed by atoms with Gasteiger partial charge in [0.05, 0.1) is 5.56 Å². The summed E-state index contributed by atoms with van der Waals surface area (Å²) in [7, 11) is 1.85. The Kier molecular flexibility index (Phi) is 5.84. The van der Waals surface area contributed by atoms with Gasteiger partial charge in [-0.05, 0) is 59.8 Å². The number of carbonyl (C=O) groups excluding carboxylic acids is 1. The Hall–Kier alpha value is -3.07. The molecule has 3 rings (SSSR count). The van der Waals surface area contributed by atoms with Crippen LogP contribution in [-0.2, 0) is 18.0 Å². The van der Waals surface area contributed by atoms with Gasteiger partial charge in [-0.25, -0.2) is 0 Å². The highest BCUT2D eigenvalue weighted by Gasteiger charge is 2.29. The molecule has 0 aliphatic heterocycles. The molecule has 3 aromatic rings. The van der Waals surface area contributed by atoms with Gasteiger partial charge in [0.25, 0.3) is 0 Å². The first-order valence-corrected chi connectivity index (χ1v) is 8.91. The number of carbonyl (C=O) groups is 1. The average molecular weight is 404 g/mol. The number of amides is 1. The predicted molar refractivity (Wildman–Crippen MR) is 101 cm³/mol. The number of aryl methyl sites for hydroxylation is 1. The molecule has 0 unspecified atom stereocenters. The van der Waals surface area contributed by atoms with Crippen LogP contribution in [0.15, 0.2) is 71.0 Å². The van der Waals surface area contributed by atoms with E-state index in [1.54, 1.807) is 23.0 Å². The fourth-order valence-electron chi connectivity index (χ4n) is 2.22. The normalized spacial score (nSPS) is 11.7. The molecule has 0 saturated heterocycles. The van der Waals surface area contributed by atoms with Crippen molar-refractivity contribution in [2.45, 2.75) is 16.2 Å². The van der Waals surface area contributed by atoms with Crippen molar-refractivity contribution in [2.24, 2.45) is 7.05 Å². The first-order valence-electron chi connectivity index (χ1n) is 8.09. The van der Waals surface area contributed by atoms with Crippen LogP contribution in [0.25, 0.3) is 6.08 Å². The van der Waals surface area contributed by atoms with Crippen LogP contribution >= 0.6 is 11.8 Å². The summed E-state index contributed by atoms with van der Waals surface area (Å²) in [5, 5.41) is 11.2. The van der Waals surface area contributed by atoms with Gasteiger partial charge in [-0.1, -0.05) is 12.1 Å². The highest BCUT2D eigenvalue weighted by atomic mass is 32.2. The molecule has 28 heavy (non-hydrogen) atoms. The average Bonchev–Trinajstić information content (AvgIpc) is 3.06. The van der Waals surface area contributed by atoms with Crippen molar-refractivity contribution in [3.63, 3.8) is 0 Å². The van der Waals surface area contributed by atoms with Crippen LogP contribution in [0.4, 0.5) is 18.9 Å². The second-order valence-corrected chi connectivity index (χ2v) is 6.83. The molecule has 0 saturated carbocycles. The van der Waals surface area contributed by atoms with Crippen molar-refractivity contribution in [3.8, 4) is 0 Å². The summed E-state index contributed by atoms with van der Waals surface area (Å²) in [5.74, 6) is -0.381. The minimum Gasteiger partial charge on any atom is -0.323 e. The van der Waals surface area contributed by atoms with Crippen LogP contribution in [0.5, 0.6) is 0 Å². The largest absolute Gasteiger partial charge is 0.416 e. The van der Waals surface area contributed by atoms with Crippen molar-refractivity contribution in [3.05, 3.63) is 72.1 Å². The number of nitrogens with zero attached hydrogens (tertiary/aromatic N) is 3. The highest BCUT2D eigenvalue weighted by molar-refractivity contribution is 7.99. The second kappa shape index (κ2) is 8.30. The van der Waals surface area contributed by atoms with E-state index < -0.39 is 11.7 Å². The number of nitrogens with one attached hydrogen (secondary N) is 1. The van der Waals surface area contributed by atoms with E-state index in [4.69, 9.17) is 0 Å². The van der Waals surface area contributed by atoms with Gasteiger partial charge in [0.15, 0.2) is 5.16 Å². The summed E-state index contributed by atoms with van der Waals surface area (Å²) >= 11 is 1.44. The van der Waals surface area contributed by atoms with E-state index in [9.17, 15) is 18.0 Å². The van der Waals surface area contributed by atoms with E-state index in [0.29, 0.717) is 11.3 Å². The fourth-order valence-corrected chi connectivity index (χ4v) is 2.98. The number of hydrogen-bond acceptors (Lipinski definition) is 4. The molecule has 0 atom stereocenters. The monoisotopic (exact) mass is 404 g/mol. The molecule has 1 aromatic heterocycles.